The minimum Gasteiger partial charge on any atom is -0.497 e. The van der Waals surface area contributed by atoms with Crippen molar-refractivity contribution in [1.29, 1.82) is 0 Å². The van der Waals surface area contributed by atoms with Crippen LogP contribution in [-0.2, 0) is 6.54 Å². The van der Waals surface area contributed by atoms with Crippen LogP contribution in [0.5, 0.6) is 5.75 Å². The van der Waals surface area contributed by atoms with Gasteiger partial charge < -0.3 is 19.1 Å². The number of anilines is 2. The summed E-state index contributed by atoms with van der Waals surface area (Å²) in [5.41, 5.74) is 3.30. The van der Waals surface area contributed by atoms with Crippen molar-refractivity contribution < 1.29 is 4.74 Å². The molecule has 0 fully saturated rings. The summed E-state index contributed by atoms with van der Waals surface area (Å²) >= 11 is 0. The SMILES string of the molecule is COc1ccc2c(c1)c1nc(N(C)C)nc3c1n2CCN3C. The predicted molar refractivity (Wildman–Crippen MR) is 89.2 cm³/mol. The molecule has 0 amide bonds. The van der Waals surface area contributed by atoms with Crippen LogP contribution in [0.1, 0.15) is 0 Å². The molecule has 3 aromatic rings. The van der Waals surface area contributed by atoms with Gasteiger partial charge >= 0.3 is 0 Å². The number of hydrogen-bond donors (Lipinski definition) is 0. The van der Waals surface area contributed by atoms with Gasteiger partial charge in [0.15, 0.2) is 5.82 Å². The fourth-order valence-electron chi connectivity index (χ4n) is 3.11. The lowest BCUT2D eigenvalue weighted by molar-refractivity contribution is 0.415. The molecule has 1 aromatic carbocycles. The first-order valence-corrected chi connectivity index (χ1v) is 7.36. The highest BCUT2D eigenvalue weighted by atomic mass is 16.5. The van der Waals surface area contributed by atoms with Gasteiger partial charge in [-0.15, -0.1) is 0 Å². The Bertz CT molecular complexity index is 883. The lowest BCUT2D eigenvalue weighted by Gasteiger charge is -2.26. The van der Waals surface area contributed by atoms with E-state index in [1.54, 1.807) is 7.11 Å². The van der Waals surface area contributed by atoms with Gasteiger partial charge in [0.25, 0.3) is 0 Å². The number of benzene rings is 1. The summed E-state index contributed by atoms with van der Waals surface area (Å²) in [5.74, 6) is 2.58. The quantitative estimate of drug-likeness (QED) is 0.725. The molecule has 0 saturated heterocycles. The van der Waals surface area contributed by atoms with Crippen molar-refractivity contribution in [3.63, 3.8) is 0 Å². The molecule has 114 valence electrons. The number of fused-ring (bicyclic) bond motifs is 3. The third kappa shape index (κ3) is 1.66. The lowest BCUT2D eigenvalue weighted by atomic mass is 10.2. The molecule has 6 heteroatoms. The second-order valence-electron chi connectivity index (χ2n) is 5.90. The van der Waals surface area contributed by atoms with E-state index in [9.17, 15) is 0 Å². The number of likely N-dealkylation sites (N-methyl/N-ethyl adjacent to an activating group) is 1. The van der Waals surface area contributed by atoms with Crippen molar-refractivity contribution in [3.8, 4) is 5.75 Å². The van der Waals surface area contributed by atoms with Crippen LogP contribution < -0.4 is 14.5 Å². The maximum atomic E-state index is 5.39. The van der Waals surface area contributed by atoms with Gasteiger partial charge in [0.05, 0.1) is 12.6 Å². The van der Waals surface area contributed by atoms with E-state index in [0.29, 0.717) is 0 Å². The summed E-state index contributed by atoms with van der Waals surface area (Å²) in [4.78, 5) is 13.7. The molecule has 0 atom stereocenters. The summed E-state index contributed by atoms with van der Waals surface area (Å²) in [6.07, 6.45) is 0. The number of ether oxygens (including phenoxy) is 1. The summed E-state index contributed by atoms with van der Waals surface area (Å²) in [6, 6.07) is 6.18. The molecule has 4 rings (SSSR count). The van der Waals surface area contributed by atoms with Crippen molar-refractivity contribution in [1.82, 2.24) is 14.5 Å². The molecule has 1 aliphatic heterocycles. The van der Waals surface area contributed by atoms with Crippen molar-refractivity contribution >= 4 is 33.7 Å². The molecule has 22 heavy (non-hydrogen) atoms. The molecule has 0 saturated carbocycles. The minimum atomic E-state index is 0.734. The van der Waals surface area contributed by atoms with Crippen LogP contribution in [0.25, 0.3) is 21.9 Å². The van der Waals surface area contributed by atoms with Gasteiger partial charge in [0.2, 0.25) is 5.95 Å². The zero-order valence-electron chi connectivity index (χ0n) is 13.3. The van der Waals surface area contributed by atoms with Gasteiger partial charge in [-0.1, -0.05) is 0 Å². The molecule has 0 aliphatic carbocycles. The van der Waals surface area contributed by atoms with Crippen molar-refractivity contribution in [3.05, 3.63) is 18.2 Å². The second kappa shape index (κ2) is 4.50. The van der Waals surface area contributed by atoms with Gasteiger partial charge in [-0.2, -0.15) is 4.98 Å². The normalized spacial score (nSPS) is 13.9. The van der Waals surface area contributed by atoms with E-state index in [0.717, 1.165) is 47.0 Å². The van der Waals surface area contributed by atoms with E-state index in [1.807, 2.05) is 25.1 Å². The van der Waals surface area contributed by atoms with Gasteiger partial charge in [-0.25, -0.2) is 4.98 Å². The van der Waals surface area contributed by atoms with Crippen LogP contribution >= 0.6 is 0 Å². The average Bonchev–Trinajstić information content (AvgIpc) is 2.84. The van der Waals surface area contributed by atoms with E-state index >= 15 is 0 Å². The molecule has 1 aliphatic rings. The average molecular weight is 297 g/mol. The van der Waals surface area contributed by atoms with Crippen LogP contribution in [0.4, 0.5) is 11.8 Å². The standard InChI is InChI=1S/C16H19N5O/c1-19(2)16-17-13-11-9-10(22-4)5-6-12(11)21-8-7-20(3)15(18-16)14(13)21/h5-6,9H,7-8H2,1-4H3. The van der Waals surface area contributed by atoms with Gasteiger partial charge in [-0.3, -0.25) is 0 Å². The Morgan fingerprint density at radius 1 is 1.18 bits per heavy atom. The Morgan fingerprint density at radius 2 is 2.00 bits per heavy atom. The zero-order valence-corrected chi connectivity index (χ0v) is 13.3. The molecule has 6 nitrogen and oxygen atoms in total. The first-order valence-electron chi connectivity index (χ1n) is 7.36. The molecule has 0 spiro atoms. The van der Waals surface area contributed by atoms with Gasteiger partial charge in [-0.05, 0) is 18.2 Å². The fourth-order valence-corrected chi connectivity index (χ4v) is 3.11. The number of aromatic nitrogens is 3. The van der Waals surface area contributed by atoms with E-state index in [1.165, 1.54) is 5.52 Å². The van der Waals surface area contributed by atoms with Crippen molar-refractivity contribution in [2.75, 3.05) is 44.6 Å². The largest absolute Gasteiger partial charge is 0.497 e. The molecule has 0 N–H and O–H groups in total. The molecule has 0 bridgehead atoms. The fraction of sp³-hybridized carbons (Fsp3) is 0.375. The molecular formula is C16H19N5O. The van der Waals surface area contributed by atoms with E-state index in [-0.39, 0.29) is 0 Å². The number of methoxy groups -OCH3 is 1. The van der Waals surface area contributed by atoms with Crippen LogP contribution in [-0.4, -0.2) is 49.3 Å². The van der Waals surface area contributed by atoms with Crippen LogP contribution in [0.3, 0.4) is 0 Å². The molecule has 0 unspecified atom stereocenters. The summed E-state index contributed by atoms with van der Waals surface area (Å²) in [6.45, 7) is 1.89. The summed E-state index contributed by atoms with van der Waals surface area (Å²) in [5, 5.41) is 1.12. The second-order valence-corrected chi connectivity index (χ2v) is 5.90. The predicted octanol–water partition coefficient (Wildman–Crippen LogP) is 2.11. The highest BCUT2D eigenvalue weighted by Crippen LogP contribution is 2.37. The monoisotopic (exact) mass is 297 g/mol. The first-order chi connectivity index (χ1) is 10.6. The zero-order chi connectivity index (χ0) is 15.4. The van der Waals surface area contributed by atoms with Crippen LogP contribution in [0.15, 0.2) is 18.2 Å². The molecule has 2 aromatic heterocycles. The highest BCUT2D eigenvalue weighted by Gasteiger charge is 2.24. The van der Waals surface area contributed by atoms with E-state index in [4.69, 9.17) is 14.7 Å². The lowest BCUT2D eigenvalue weighted by Crippen LogP contribution is -2.29. The number of nitrogens with zero attached hydrogens (tertiary/aromatic N) is 5. The Labute approximate surface area is 128 Å². The number of rotatable bonds is 2. The first kappa shape index (κ1) is 13.2. The topological polar surface area (TPSA) is 46.4 Å². The Kier molecular flexibility index (Phi) is 2.69. The highest BCUT2D eigenvalue weighted by molar-refractivity contribution is 6.10. The van der Waals surface area contributed by atoms with Crippen LogP contribution in [0.2, 0.25) is 0 Å². The molecule has 0 radical (unpaired) electrons. The van der Waals surface area contributed by atoms with Gasteiger partial charge in [0, 0.05) is 39.6 Å². The Balaban J connectivity index is 2.17. The maximum absolute atomic E-state index is 5.39. The third-order valence-electron chi connectivity index (χ3n) is 4.29. The minimum absolute atomic E-state index is 0.734. The summed E-state index contributed by atoms with van der Waals surface area (Å²) in [7, 11) is 7.72. The van der Waals surface area contributed by atoms with Crippen molar-refractivity contribution in [2.45, 2.75) is 6.54 Å². The van der Waals surface area contributed by atoms with Crippen LogP contribution in [0, 0.1) is 0 Å². The Morgan fingerprint density at radius 3 is 2.73 bits per heavy atom. The third-order valence-corrected chi connectivity index (χ3v) is 4.29. The molecular weight excluding hydrogens is 278 g/mol. The number of hydrogen-bond acceptors (Lipinski definition) is 5. The summed E-state index contributed by atoms with van der Waals surface area (Å²) < 4.78 is 7.70. The van der Waals surface area contributed by atoms with Gasteiger partial charge in [0.1, 0.15) is 16.8 Å². The smallest absolute Gasteiger partial charge is 0.227 e. The van der Waals surface area contributed by atoms with E-state index in [2.05, 4.69) is 28.6 Å². The molecule has 3 heterocycles. The van der Waals surface area contributed by atoms with Crippen molar-refractivity contribution in [2.24, 2.45) is 0 Å². The van der Waals surface area contributed by atoms with E-state index < -0.39 is 0 Å². The maximum Gasteiger partial charge on any atom is 0.227 e. The Hall–Kier alpha value is -2.50.